The summed E-state index contributed by atoms with van der Waals surface area (Å²) < 4.78 is 37.8. The molecule has 0 bridgehead atoms. The summed E-state index contributed by atoms with van der Waals surface area (Å²) in [6.45, 7) is 3.50. The third-order valence-corrected chi connectivity index (χ3v) is 6.94. The van der Waals surface area contributed by atoms with Gasteiger partial charge in [0.05, 0.1) is 19.1 Å². The number of carbonyl (C=O) groups is 2. The monoisotopic (exact) mass is 490 g/mol. The predicted octanol–water partition coefficient (Wildman–Crippen LogP) is 2.06. The molecule has 2 N–H and O–H groups in total. The zero-order valence-corrected chi connectivity index (χ0v) is 20.4. The van der Waals surface area contributed by atoms with E-state index >= 15 is 0 Å². The lowest BCUT2D eigenvalue weighted by Crippen LogP contribution is -2.52. The summed E-state index contributed by atoms with van der Waals surface area (Å²) in [5, 5.41) is 2.87. The molecule has 2 aromatic rings. The average Bonchev–Trinajstić information content (AvgIpc) is 2.83. The summed E-state index contributed by atoms with van der Waals surface area (Å²) in [5.74, 6) is 0.544. The maximum Gasteiger partial charge on any atom is 0.321 e. The Morgan fingerprint density at radius 2 is 1.62 bits per heavy atom. The smallest absolute Gasteiger partial charge is 0.321 e. The molecule has 0 spiro atoms. The Bertz CT molecular complexity index is 1130. The number of methoxy groups -OCH3 is 2. The highest BCUT2D eigenvalue weighted by molar-refractivity contribution is 7.89. The minimum Gasteiger partial charge on any atom is -0.493 e. The average molecular weight is 491 g/mol. The summed E-state index contributed by atoms with van der Waals surface area (Å²) in [7, 11) is -0.927. The van der Waals surface area contributed by atoms with Crippen LogP contribution in [0.4, 0.5) is 10.5 Å². The number of sulfonamides is 1. The number of urea groups is 1. The van der Waals surface area contributed by atoms with Crippen molar-refractivity contribution in [3.63, 3.8) is 0 Å². The molecule has 2 aromatic carbocycles. The van der Waals surface area contributed by atoms with Crippen molar-refractivity contribution in [3.8, 4) is 11.5 Å². The minimum atomic E-state index is -3.81. The molecule has 11 heteroatoms. The normalized spacial score (nSPS) is 14.0. The fraction of sp³-hybridized carbons (Fsp3) is 0.391. The highest BCUT2D eigenvalue weighted by atomic mass is 32.2. The number of piperazine rings is 1. The van der Waals surface area contributed by atoms with Crippen LogP contribution in [0.25, 0.3) is 0 Å². The van der Waals surface area contributed by atoms with Crippen LogP contribution in [0.3, 0.4) is 0 Å². The van der Waals surface area contributed by atoms with Crippen molar-refractivity contribution in [2.24, 2.45) is 0 Å². The van der Waals surface area contributed by atoms with E-state index in [-0.39, 0.29) is 29.8 Å². The van der Waals surface area contributed by atoms with Gasteiger partial charge in [0.2, 0.25) is 15.9 Å². The Hall–Kier alpha value is -3.31. The largest absolute Gasteiger partial charge is 0.493 e. The van der Waals surface area contributed by atoms with Crippen LogP contribution in [0.5, 0.6) is 11.5 Å². The molecule has 184 valence electrons. The number of aryl methyl sites for hydroxylation is 1. The Morgan fingerprint density at radius 1 is 0.941 bits per heavy atom. The molecular weight excluding hydrogens is 460 g/mol. The van der Waals surface area contributed by atoms with Gasteiger partial charge in [-0.1, -0.05) is 12.1 Å². The summed E-state index contributed by atoms with van der Waals surface area (Å²) in [4.78, 5) is 28.3. The first kappa shape index (κ1) is 25.3. The molecule has 1 aliphatic rings. The molecule has 0 saturated carbocycles. The molecule has 0 aliphatic carbocycles. The van der Waals surface area contributed by atoms with Crippen molar-refractivity contribution < 1.29 is 27.5 Å². The zero-order chi connectivity index (χ0) is 24.7. The van der Waals surface area contributed by atoms with Gasteiger partial charge in [0.15, 0.2) is 11.5 Å². The lowest BCUT2D eigenvalue weighted by molar-refractivity contribution is -0.132. The number of nitrogens with zero attached hydrogens (tertiary/aromatic N) is 2. The van der Waals surface area contributed by atoms with E-state index in [2.05, 4.69) is 10.0 Å². The van der Waals surface area contributed by atoms with Crippen molar-refractivity contribution in [2.45, 2.75) is 18.2 Å². The third-order valence-electron chi connectivity index (χ3n) is 5.49. The highest BCUT2D eigenvalue weighted by Gasteiger charge is 2.24. The lowest BCUT2D eigenvalue weighted by Gasteiger charge is -2.34. The zero-order valence-electron chi connectivity index (χ0n) is 19.5. The van der Waals surface area contributed by atoms with Gasteiger partial charge in [-0.3, -0.25) is 4.79 Å². The molecule has 1 aliphatic heterocycles. The maximum atomic E-state index is 12.6. The fourth-order valence-corrected chi connectivity index (χ4v) is 4.65. The lowest BCUT2D eigenvalue weighted by atomic mass is 10.2. The Balaban J connectivity index is 1.46. The molecule has 0 aromatic heterocycles. The summed E-state index contributed by atoms with van der Waals surface area (Å²) in [6.07, 6.45) is 0.0159. The Morgan fingerprint density at radius 3 is 2.26 bits per heavy atom. The molecule has 1 fully saturated rings. The van der Waals surface area contributed by atoms with Gasteiger partial charge >= 0.3 is 6.03 Å². The SMILES string of the molecule is COc1ccc(S(=O)(=O)NCCC(=O)N2CCN(C(=O)Nc3cccc(C)c3)CC2)cc1OC. The number of rotatable bonds is 8. The second-order valence-electron chi connectivity index (χ2n) is 7.83. The first-order valence-corrected chi connectivity index (χ1v) is 12.3. The second-order valence-corrected chi connectivity index (χ2v) is 9.60. The number of carbonyl (C=O) groups excluding carboxylic acids is 2. The molecule has 1 saturated heterocycles. The number of hydrogen-bond acceptors (Lipinski definition) is 6. The highest BCUT2D eigenvalue weighted by Crippen LogP contribution is 2.29. The first-order valence-electron chi connectivity index (χ1n) is 10.9. The number of benzene rings is 2. The van der Waals surface area contributed by atoms with Gasteiger partial charge in [0.25, 0.3) is 0 Å². The maximum absolute atomic E-state index is 12.6. The predicted molar refractivity (Wildman–Crippen MR) is 128 cm³/mol. The van der Waals surface area contributed by atoms with E-state index in [9.17, 15) is 18.0 Å². The number of nitrogens with one attached hydrogen (secondary N) is 2. The Labute approximate surface area is 199 Å². The van der Waals surface area contributed by atoms with Crippen molar-refractivity contribution >= 4 is 27.6 Å². The van der Waals surface area contributed by atoms with E-state index < -0.39 is 10.0 Å². The topological polar surface area (TPSA) is 117 Å². The van der Waals surface area contributed by atoms with Gasteiger partial charge in [-0.2, -0.15) is 0 Å². The van der Waals surface area contributed by atoms with E-state index in [0.29, 0.717) is 37.7 Å². The van der Waals surface area contributed by atoms with Gasteiger partial charge in [-0.05, 0) is 36.8 Å². The van der Waals surface area contributed by atoms with E-state index in [1.165, 1.54) is 32.4 Å². The van der Waals surface area contributed by atoms with Crippen molar-refractivity contribution in [3.05, 3.63) is 48.0 Å². The van der Waals surface area contributed by atoms with Crippen LogP contribution in [0, 0.1) is 6.92 Å². The van der Waals surface area contributed by atoms with Crippen LogP contribution in [0.1, 0.15) is 12.0 Å². The van der Waals surface area contributed by atoms with Crippen LogP contribution >= 0.6 is 0 Å². The molecule has 1 heterocycles. The summed E-state index contributed by atoms with van der Waals surface area (Å²) >= 11 is 0. The van der Waals surface area contributed by atoms with Gasteiger partial charge in [0, 0.05) is 50.9 Å². The number of anilines is 1. The van der Waals surface area contributed by atoms with Crippen LogP contribution in [0.15, 0.2) is 47.4 Å². The van der Waals surface area contributed by atoms with Gasteiger partial charge in [-0.25, -0.2) is 17.9 Å². The second kappa shape index (κ2) is 11.2. The molecule has 0 radical (unpaired) electrons. The summed E-state index contributed by atoms with van der Waals surface area (Å²) in [5.41, 5.74) is 1.78. The molecule has 3 rings (SSSR count). The van der Waals surface area contributed by atoms with Crippen molar-refractivity contribution in [2.75, 3.05) is 52.3 Å². The van der Waals surface area contributed by atoms with Gasteiger partial charge in [-0.15, -0.1) is 0 Å². The number of ether oxygens (including phenoxy) is 2. The van der Waals surface area contributed by atoms with Crippen molar-refractivity contribution in [1.29, 1.82) is 0 Å². The fourth-order valence-electron chi connectivity index (χ4n) is 3.60. The van der Waals surface area contributed by atoms with Crippen LogP contribution in [-0.2, 0) is 14.8 Å². The summed E-state index contributed by atoms with van der Waals surface area (Å²) in [6, 6.07) is 11.6. The molecular formula is C23H30N4O6S. The molecule has 0 unspecified atom stereocenters. The van der Waals surface area contributed by atoms with Crippen LogP contribution in [-0.4, -0.2) is 77.1 Å². The third kappa shape index (κ3) is 6.39. The van der Waals surface area contributed by atoms with E-state index in [4.69, 9.17) is 9.47 Å². The minimum absolute atomic E-state index is 0.0159. The van der Waals surface area contributed by atoms with E-state index in [1.807, 2.05) is 31.2 Å². The van der Waals surface area contributed by atoms with E-state index in [0.717, 1.165) is 11.3 Å². The first-order chi connectivity index (χ1) is 16.2. The van der Waals surface area contributed by atoms with Crippen LogP contribution < -0.4 is 19.5 Å². The number of hydrogen-bond donors (Lipinski definition) is 2. The van der Waals surface area contributed by atoms with Crippen LogP contribution in [0.2, 0.25) is 0 Å². The molecule has 3 amide bonds. The number of amides is 3. The Kier molecular flexibility index (Phi) is 8.35. The van der Waals surface area contributed by atoms with E-state index in [1.54, 1.807) is 9.80 Å². The van der Waals surface area contributed by atoms with Crippen molar-refractivity contribution in [1.82, 2.24) is 14.5 Å². The molecule has 34 heavy (non-hydrogen) atoms. The molecule has 10 nitrogen and oxygen atoms in total. The van der Waals surface area contributed by atoms with Gasteiger partial charge < -0.3 is 24.6 Å². The standard InChI is InChI=1S/C23H30N4O6S/c1-17-5-4-6-18(15-17)25-23(29)27-13-11-26(12-14-27)22(28)9-10-24-34(30,31)19-7-8-20(32-2)21(16-19)33-3/h4-8,15-16,24H,9-14H2,1-3H3,(H,25,29). The quantitative estimate of drug-likeness (QED) is 0.585. The van der Waals surface area contributed by atoms with Gasteiger partial charge in [0.1, 0.15) is 0 Å². The molecule has 0 atom stereocenters.